The number of nitrogens with zero attached hydrogens (tertiary/aromatic N) is 4. The zero-order valence-corrected chi connectivity index (χ0v) is 10.4. The Morgan fingerprint density at radius 2 is 2.24 bits per heavy atom. The van der Waals surface area contributed by atoms with E-state index in [9.17, 15) is 0 Å². The van der Waals surface area contributed by atoms with E-state index in [2.05, 4.69) is 24.0 Å². The molecule has 2 aromatic rings. The summed E-state index contributed by atoms with van der Waals surface area (Å²) in [4.78, 5) is 8.45. The highest BCUT2D eigenvalue weighted by molar-refractivity contribution is 6.99. The van der Waals surface area contributed by atoms with Crippen molar-refractivity contribution in [2.45, 2.75) is 13.0 Å². The van der Waals surface area contributed by atoms with Gasteiger partial charge in [0.25, 0.3) is 0 Å². The van der Waals surface area contributed by atoms with Gasteiger partial charge in [0.05, 0.1) is 30.7 Å². The third kappa shape index (κ3) is 2.56. The normalized spacial score (nSPS) is 12.4. The van der Waals surface area contributed by atoms with E-state index in [0.717, 1.165) is 17.9 Å². The number of nitrogens with one attached hydrogen (secondary N) is 1. The standard InChI is InChI=1S/C10H13N5OS/c1-3-11-8(7-6-14-17-15-7)9-10(16-2)13-5-4-12-9/h4-6,8,11H,3H2,1-2H3. The van der Waals surface area contributed by atoms with Gasteiger partial charge in [-0.15, -0.1) is 0 Å². The van der Waals surface area contributed by atoms with Crippen molar-refractivity contribution in [1.29, 1.82) is 0 Å². The lowest BCUT2D eigenvalue weighted by Crippen LogP contribution is -2.24. The molecular formula is C10H13N5OS. The second-order valence-electron chi connectivity index (χ2n) is 3.27. The predicted octanol–water partition coefficient (Wildman–Crippen LogP) is 1.04. The zero-order valence-electron chi connectivity index (χ0n) is 9.62. The lowest BCUT2D eigenvalue weighted by Gasteiger charge is -2.16. The summed E-state index contributed by atoms with van der Waals surface area (Å²) >= 11 is 1.17. The van der Waals surface area contributed by atoms with E-state index < -0.39 is 0 Å². The van der Waals surface area contributed by atoms with E-state index in [1.54, 1.807) is 25.7 Å². The Kier molecular flexibility index (Phi) is 3.94. The van der Waals surface area contributed by atoms with Crippen LogP contribution in [0.4, 0.5) is 0 Å². The molecule has 0 aliphatic rings. The summed E-state index contributed by atoms with van der Waals surface area (Å²) < 4.78 is 13.5. The third-order valence-corrected chi connectivity index (χ3v) is 2.73. The van der Waals surface area contributed by atoms with Gasteiger partial charge < -0.3 is 10.1 Å². The third-order valence-electron chi connectivity index (χ3n) is 2.24. The predicted molar refractivity (Wildman–Crippen MR) is 64.0 cm³/mol. The first-order valence-corrected chi connectivity index (χ1v) is 5.95. The maximum atomic E-state index is 5.21. The Morgan fingerprint density at radius 3 is 2.88 bits per heavy atom. The fourth-order valence-corrected chi connectivity index (χ4v) is 1.98. The molecule has 1 N–H and O–H groups in total. The maximum Gasteiger partial charge on any atom is 0.237 e. The molecule has 0 bridgehead atoms. The van der Waals surface area contributed by atoms with Crippen LogP contribution in [0.1, 0.15) is 24.4 Å². The zero-order chi connectivity index (χ0) is 12.1. The number of hydrogen-bond acceptors (Lipinski definition) is 7. The van der Waals surface area contributed by atoms with E-state index in [1.807, 2.05) is 6.92 Å². The van der Waals surface area contributed by atoms with Crippen molar-refractivity contribution in [2.24, 2.45) is 0 Å². The maximum absolute atomic E-state index is 5.21. The van der Waals surface area contributed by atoms with E-state index in [0.29, 0.717) is 5.88 Å². The summed E-state index contributed by atoms with van der Waals surface area (Å²) in [6.45, 7) is 2.82. The second kappa shape index (κ2) is 5.65. The van der Waals surface area contributed by atoms with Crippen LogP contribution in [0.25, 0.3) is 0 Å². The van der Waals surface area contributed by atoms with Gasteiger partial charge in [-0.2, -0.15) is 8.75 Å². The van der Waals surface area contributed by atoms with Crippen LogP contribution in [0, 0.1) is 0 Å². The Morgan fingerprint density at radius 1 is 1.41 bits per heavy atom. The largest absolute Gasteiger partial charge is 0.480 e. The Hall–Kier alpha value is -1.60. The summed E-state index contributed by atoms with van der Waals surface area (Å²) in [5.74, 6) is 0.506. The molecule has 17 heavy (non-hydrogen) atoms. The van der Waals surface area contributed by atoms with Gasteiger partial charge in [0.15, 0.2) is 0 Å². The van der Waals surface area contributed by atoms with Crippen LogP contribution in [0.5, 0.6) is 5.88 Å². The summed E-state index contributed by atoms with van der Waals surface area (Å²) in [7, 11) is 1.58. The molecule has 0 aliphatic carbocycles. The van der Waals surface area contributed by atoms with Crippen LogP contribution in [0.2, 0.25) is 0 Å². The van der Waals surface area contributed by atoms with Gasteiger partial charge in [0.2, 0.25) is 5.88 Å². The molecule has 0 saturated carbocycles. The SMILES string of the molecule is CCNC(c1cnsn1)c1nccnc1OC. The van der Waals surface area contributed by atoms with Crippen molar-refractivity contribution >= 4 is 11.7 Å². The lowest BCUT2D eigenvalue weighted by atomic mass is 10.1. The molecule has 0 radical (unpaired) electrons. The molecule has 0 spiro atoms. The van der Waals surface area contributed by atoms with Crippen molar-refractivity contribution in [3.8, 4) is 5.88 Å². The molecule has 0 fully saturated rings. The number of ether oxygens (including phenoxy) is 1. The Labute approximate surface area is 103 Å². The molecule has 90 valence electrons. The van der Waals surface area contributed by atoms with Crippen molar-refractivity contribution in [2.75, 3.05) is 13.7 Å². The van der Waals surface area contributed by atoms with Crippen LogP contribution >= 0.6 is 11.7 Å². The molecule has 0 amide bonds. The Bertz CT molecular complexity index is 461. The summed E-state index contributed by atoms with van der Waals surface area (Å²) in [5.41, 5.74) is 1.56. The molecule has 0 aromatic carbocycles. The molecule has 7 heteroatoms. The van der Waals surface area contributed by atoms with E-state index in [4.69, 9.17) is 4.74 Å². The first-order chi connectivity index (χ1) is 8.36. The fourth-order valence-electron chi connectivity index (χ4n) is 1.54. The smallest absolute Gasteiger partial charge is 0.237 e. The molecule has 2 aromatic heterocycles. The van der Waals surface area contributed by atoms with Gasteiger partial charge >= 0.3 is 0 Å². The number of methoxy groups -OCH3 is 1. The average Bonchev–Trinajstić information content (AvgIpc) is 2.89. The number of hydrogen-bond donors (Lipinski definition) is 1. The summed E-state index contributed by atoms with van der Waals surface area (Å²) in [6.07, 6.45) is 4.97. The van der Waals surface area contributed by atoms with Crippen molar-refractivity contribution in [1.82, 2.24) is 24.0 Å². The minimum Gasteiger partial charge on any atom is -0.480 e. The molecular weight excluding hydrogens is 238 g/mol. The van der Waals surface area contributed by atoms with Gasteiger partial charge in [0.1, 0.15) is 11.7 Å². The minimum absolute atomic E-state index is 0.137. The number of rotatable bonds is 5. The van der Waals surface area contributed by atoms with Crippen LogP contribution in [-0.2, 0) is 0 Å². The quantitative estimate of drug-likeness (QED) is 0.856. The molecule has 1 unspecified atom stereocenters. The second-order valence-corrected chi connectivity index (χ2v) is 3.83. The minimum atomic E-state index is -0.137. The van der Waals surface area contributed by atoms with Gasteiger partial charge in [-0.1, -0.05) is 6.92 Å². The van der Waals surface area contributed by atoms with Crippen LogP contribution < -0.4 is 10.1 Å². The lowest BCUT2D eigenvalue weighted by molar-refractivity contribution is 0.382. The monoisotopic (exact) mass is 251 g/mol. The molecule has 1 atom stereocenters. The first kappa shape index (κ1) is 11.9. The fraction of sp³-hybridized carbons (Fsp3) is 0.400. The highest BCUT2D eigenvalue weighted by atomic mass is 32.1. The summed E-state index contributed by atoms with van der Waals surface area (Å²) in [6, 6.07) is -0.137. The van der Waals surface area contributed by atoms with Gasteiger partial charge in [-0.25, -0.2) is 4.98 Å². The molecule has 6 nitrogen and oxygen atoms in total. The van der Waals surface area contributed by atoms with Crippen LogP contribution in [0.3, 0.4) is 0 Å². The van der Waals surface area contributed by atoms with Crippen molar-refractivity contribution < 1.29 is 4.74 Å². The van der Waals surface area contributed by atoms with E-state index >= 15 is 0 Å². The molecule has 0 saturated heterocycles. The van der Waals surface area contributed by atoms with E-state index in [1.165, 1.54) is 11.7 Å². The topological polar surface area (TPSA) is 72.8 Å². The van der Waals surface area contributed by atoms with Crippen LogP contribution in [-0.4, -0.2) is 32.4 Å². The molecule has 0 aliphatic heterocycles. The highest BCUT2D eigenvalue weighted by Gasteiger charge is 2.21. The molecule has 2 rings (SSSR count). The summed E-state index contributed by atoms with van der Waals surface area (Å²) in [5, 5.41) is 3.30. The highest BCUT2D eigenvalue weighted by Crippen LogP contribution is 2.24. The van der Waals surface area contributed by atoms with E-state index in [-0.39, 0.29) is 6.04 Å². The average molecular weight is 251 g/mol. The van der Waals surface area contributed by atoms with Gasteiger partial charge in [-0.3, -0.25) is 4.98 Å². The number of aromatic nitrogens is 4. The van der Waals surface area contributed by atoms with Crippen molar-refractivity contribution in [3.05, 3.63) is 30.0 Å². The van der Waals surface area contributed by atoms with Crippen LogP contribution in [0.15, 0.2) is 18.6 Å². The van der Waals surface area contributed by atoms with Gasteiger partial charge in [0, 0.05) is 12.4 Å². The van der Waals surface area contributed by atoms with Crippen molar-refractivity contribution in [3.63, 3.8) is 0 Å². The Balaban J connectivity index is 2.39. The van der Waals surface area contributed by atoms with Gasteiger partial charge in [-0.05, 0) is 6.54 Å². The molecule has 2 heterocycles. The first-order valence-electron chi connectivity index (χ1n) is 5.22.